The Morgan fingerprint density at radius 1 is 1.35 bits per heavy atom. The van der Waals surface area contributed by atoms with E-state index in [1.54, 1.807) is 0 Å². The molecule has 1 aromatic carbocycles. The summed E-state index contributed by atoms with van der Waals surface area (Å²) in [7, 11) is 0. The maximum atomic E-state index is 5.99. The molecule has 2 aliphatic heterocycles. The van der Waals surface area contributed by atoms with Crippen molar-refractivity contribution < 1.29 is 4.74 Å². The molecule has 0 radical (unpaired) electrons. The highest BCUT2D eigenvalue weighted by molar-refractivity contribution is 5.40. The third kappa shape index (κ3) is 2.00. The molecule has 92 valence electrons. The number of hydrogen-bond donors (Lipinski definition) is 1. The topological polar surface area (TPSA) is 21.3 Å². The number of hydrogen-bond acceptors (Lipinski definition) is 2. The van der Waals surface area contributed by atoms with E-state index in [1.807, 2.05) is 0 Å². The first-order valence-electron chi connectivity index (χ1n) is 6.68. The smallest absolute Gasteiger partial charge is 0.0784 e. The molecule has 2 aliphatic rings. The Labute approximate surface area is 103 Å². The molecule has 0 aliphatic carbocycles. The van der Waals surface area contributed by atoms with E-state index in [1.165, 1.54) is 16.7 Å². The first-order valence-corrected chi connectivity index (χ1v) is 6.68. The van der Waals surface area contributed by atoms with Crippen LogP contribution in [-0.4, -0.2) is 19.2 Å². The highest BCUT2D eigenvalue weighted by Crippen LogP contribution is 2.35. The normalized spacial score (nSPS) is 27.0. The minimum Gasteiger partial charge on any atom is -0.372 e. The van der Waals surface area contributed by atoms with Crippen LogP contribution < -0.4 is 5.32 Å². The standard InChI is InChI=1S/C15H21NO/c1-10(2)6-11-4-3-5-12-13-7-16-8-15(13)17-9-14(11)12/h3-5,10,13,15-16H,6-9H2,1-2H3/t13-,15-/m1/s1. The Hall–Kier alpha value is -0.860. The van der Waals surface area contributed by atoms with Gasteiger partial charge in [-0.2, -0.15) is 0 Å². The maximum Gasteiger partial charge on any atom is 0.0784 e. The Morgan fingerprint density at radius 2 is 2.24 bits per heavy atom. The number of rotatable bonds is 2. The van der Waals surface area contributed by atoms with Crippen LogP contribution in [0.2, 0.25) is 0 Å². The minimum absolute atomic E-state index is 0.400. The van der Waals surface area contributed by atoms with Gasteiger partial charge in [0, 0.05) is 19.0 Å². The van der Waals surface area contributed by atoms with Gasteiger partial charge in [-0.15, -0.1) is 0 Å². The van der Waals surface area contributed by atoms with Crippen molar-refractivity contribution in [1.82, 2.24) is 5.32 Å². The van der Waals surface area contributed by atoms with Crippen LogP contribution in [0.3, 0.4) is 0 Å². The van der Waals surface area contributed by atoms with Crippen LogP contribution in [0.4, 0.5) is 0 Å². The third-order valence-corrected chi connectivity index (χ3v) is 3.94. The molecule has 1 aromatic rings. The van der Waals surface area contributed by atoms with Gasteiger partial charge in [-0.05, 0) is 29.0 Å². The van der Waals surface area contributed by atoms with E-state index < -0.39 is 0 Å². The second-order valence-corrected chi connectivity index (χ2v) is 5.70. The van der Waals surface area contributed by atoms with Gasteiger partial charge in [0.25, 0.3) is 0 Å². The average Bonchev–Trinajstić information content (AvgIpc) is 2.76. The van der Waals surface area contributed by atoms with Crippen molar-refractivity contribution in [2.75, 3.05) is 13.1 Å². The summed E-state index contributed by atoms with van der Waals surface area (Å²) in [4.78, 5) is 0. The maximum absolute atomic E-state index is 5.99. The fourth-order valence-corrected chi connectivity index (χ4v) is 3.14. The summed E-state index contributed by atoms with van der Waals surface area (Å²) in [5.74, 6) is 1.28. The molecular formula is C15H21NO. The summed E-state index contributed by atoms with van der Waals surface area (Å²) < 4.78 is 5.99. The van der Waals surface area contributed by atoms with E-state index in [2.05, 4.69) is 37.4 Å². The predicted octanol–water partition coefficient (Wildman–Crippen LogP) is 2.47. The van der Waals surface area contributed by atoms with Gasteiger partial charge < -0.3 is 10.1 Å². The molecule has 0 bridgehead atoms. The lowest BCUT2D eigenvalue weighted by Gasteiger charge is -2.30. The molecule has 0 saturated carbocycles. The molecule has 2 nitrogen and oxygen atoms in total. The van der Waals surface area contributed by atoms with Gasteiger partial charge in [0.05, 0.1) is 12.7 Å². The van der Waals surface area contributed by atoms with E-state index in [0.29, 0.717) is 17.9 Å². The first-order chi connectivity index (χ1) is 8.25. The second kappa shape index (κ2) is 4.43. The van der Waals surface area contributed by atoms with Crippen LogP contribution in [0, 0.1) is 5.92 Å². The molecule has 2 heteroatoms. The first kappa shape index (κ1) is 11.2. The summed E-state index contributed by atoms with van der Waals surface area (Å²) in [6, 6.07) is 6.79. The lowest BCUT2D eigenvalue weighted by Crippen LogP contribution is -2.27. The number of fused-ring (bicyclic) bond motifs is 3. The zero-order chi connectivity index (χ0) is 11.8. The lowest BCUT2D eigenvalue weighted by atomic mass is 9.85. The SMILES string of the molecule is CC(C)Cc1cccc2c1CO[C@@H]1CNC[C@H]21. The fraction of sp³-hybridized carbons (Fsp3) is 0.600. The van der Waals surface area contributed by atoms with Crippen LogP contribution in [0.25, 0.3) is 0 Å². The number of ether oxygens (including phenoxy) is 1. The summed E-state index contributed by atoms with van der Waals surface area (Å²) in [6.07, 6.45) is 1.56. The zero-order valence-electron chi connectivity index (χ0n) is 10.7. The van der Waals surface area contributed by atoms with Crippen molar-refractivity contribution in [2.45, 2.75) is 38.9 Å². The van der Waals surface area contributed by atoms with Gasteiger partial charge in [-0.3, -0.25) is 0 Å². The van der Waals surface area contributed by atoms with Crippen molar-refractivity contribution in [3.8, 4) is 0 Å². The molecule has 1 saturated heterocycles. The molecule has 0 aromatic heterocycles. The summed E-state index contributed by atoms with van der Waals surface area (Å²) in [5, 5.41) is 3.44. The molecule has 0 unspecified atom stereocenters. The monoisotopic (exact) mass is 231 g/mol. The van der Waals surface area contributed by atoms with Crippen LogP contribution >= 0.6 is 0 Å². The number of nitrogens with one attached hydrogen (secondary N) is 1. The van der Waals surface area contributed by atoms with Crippen LogP contribution in [-0.2, 0) is 17.8 Å². The molecule has 2 atom stereocenters. The average molecular weight is 231 g/mol. The molecule has 1 N–H and O–H groups in total. The Balaban J connectivity index is 1.97. The van der Waals surface area contributed by atoms with Crippen molar-refractivity contribution >= 4 is 0 Å². The molecule has 2 heterocycles. The van der Waals surface area contributed by atoms with Crippen LogP contribution in [0.15, 0.2) is 18.2 Å². The van der Waals surface area contributed by atoms with E-state index in [-0.39, 0.29) is 0 Å². The third-order valence-electron chi connectivity index (χ3n) is 3.94. The molecule has 17 heavy (non-hydrogen) atoms. The van der Waals surface area contributed by atoms with Gasteiger partial charge in [-0.1, -0.05) is 32.0 Å². The predicted molar refractivity (Wildman–Crippen MR) is 69.2 cm³/mol. The van der Waals surface area contributed by atoms with Crippen LogP contribution in [0.1, 0.15) is 36.5 Å². The lowest BCUT2D eigenvalue weighted by molar-refractivity contribution is 0.0293. The van der Waals surface area contributed by atoms with E-state index >= 15 is 0 Å². The molecule has 0 spiro atoms. The van der Waals surface area contributed by atoms with E-state index in [9.17, 15) is 0 Å². The van der Waals surface area contributed by atoms with E-state index in [0.717, 1.165) is 26.1 Å². The molecule has 3 rings (SSSR count). The Kier molecular flexibility index (Phi) is 2.93. The van der Waals surface area contributed by atoms with Crippen LogP contribution in [0.5, 0.6) is 0 Å². The van der Waals surface area contributed by atoms with Crippen molar-refractivity contribution in [1.29, 1.82) is 0 Å². The van der Waals surface area contributed by atoms with Gasteiger partial charge in [0.2, 0.25) is 0 Å². The molecular weight excluding hydrogens is 210 g/mol. The quantitative estimate of drug-likeness (QED) is 0.844. The minimum atomic E-state index is 0.400. The zero-order valence-corrected chi connectivity index (χ0v) is 10.7. The van der Waals surface area contributed by atoms with Crippen molar-refractivity contribution in [3.05, 3.63) is 34.9 Å². The number of benzene rings is 1. The van der Waals surface area contributed by atoms with Gasteiger partial charge in [0.15, 0.2) is 0 Å². The highest BCUT2D eigenvalue weighted by atomic mass is 16.5. The summed E-state index contributed by atoms with van der Waals surface area (Å²) >= 11 is 0. The Morgan fingerprint density at radius 3 is 3.06 bits per heavy atom. The highest BCUT2D eigenvalue weighted by Gasteiger charge is 2.34. The second-order valence-electron chi connectivity index (χ2n) is 5.70. The molecule has 0 amide bonds. The summed E-state index contributed by atoms with van der Waals surface area (Å²) in [5.41, 5.74) is 4.48. The largest absolute Gasteiger partial charge is 0.372 e. The summed E-state index contributed by atoms with van der Waals surface area (Å²) in [6.45, 7) is 7.45. The molecule has 1 fully saturated rings. The van der Waals surface area contributed by atoms with Gasteiger partial charge >= 0.3 is 0 Å². The fourth-order valence-electron chi connectivity index (χ4n) is 3.14. The van der Waals surface area contributed by atoms with E-state index in [4.69, 9.17) is 4.74 Å². The van der Waals surface area contributed by atoms with Crippen molar-refractivity contribution in [3.63, 3.8) is 0 Å². The Bertz CT molecular complexity index is 413. The van der Waals surface area contributed by atoms with Crippen molar-refractivity contribution in [2.24, 2.45) is 5.92 Å². The van der Waals surface area contributed by atoms with Gasteiger partial charge in [0.1, 0.15) is 0 Å². The van der Waals surface area contributed by atoms with Gasteiger partial charge in [-0.25, -0.2) is 0 Å².